The highest BCUT2D eigenvalue weighted by atomic mass is 16.5. The highest BCUT2D eigenvalue weighted by molar-refractivity contribution is 5.87. The molecule has 1 aliphatic rings. The molecule has 40 heavy (non-hydrogen) atoms. The number of hydrogen-bond donors (Lipinski definition) is 0. The van der Waals surface area contributed by atoms with Gasteiger partial charge >= 0.3 is 0 Å². The van der Waals surface area contributed by atoms with E-state index >= 15 is 0 Å². The number of pyridine rings is 1. The van der Waals surface area contributed by atoms with Gasteiger partial charge in [0.15, 0.2) is 0 Å². The SMILES string of the molecule is CC.CC.Cc1nn(C(c2ccccc2)(c2ccccc2)c2ccccc2)c2ccnc(OC3CCOCC3)c12. The molecule has 1 saturated heterocycles. The van der Waals surface area contributed by atoms with E-state index < -0.39 is 5.54 Å². The van der Waals surface area contributed by atoms with Gasteiger partial charge in [-0.2, -0.15) is 5.10 Å². The number of fused-ring (bicyclic) bond motifs is 1. The monoisotopic (exact) mass is 535 g/mol. The molecule has 0 spiro atoms. The molecular weight excluding hydrogens is 494 g/mol. The smallest absolute Gasteiger partial charge is 0.225 e. The second-order valence-corrected chi connectivity index (χ2v) is 9.25. The molecule has 0 N–H and O–H groups in total. The Labute approximate surface area is 238 Å². The molecule has 0 aliphatic carbocycles. The lowest BCUT2D eigenvalue weighted by Gasteiger charge is -2.37. The van der Waals surface area contributed by atoms with Crippen molar-refractivity contribution in [3.05, 3.63) is 126 Å². The average molecular weight is 536 g/mol. The van der Waals surface area contributed by atoms with Gasteiger partial charge in [-0.25, -0.2) is 9.67 Å². The van der Waals surface area contributed by atoms with E-state index in [0.717, 1.165) is 59.3 Å². The maximum atomic E-state index is 6.45. The van der Waals surface area contributed by atoms with Crippen molar-refractivity contribution in [1.82, 2.24) is 14.8 Å². The lowest BCUT2D eigenvalue weighted by atomic mass is 9.77. The lowest BCUT2D eigenvalue weighted by Crippen LogP contribution is -2.38. The van der Waals surface area contributed by atoms with Crippen molar-refractivity contribution >= 4 is 10.9 Å². The first-order valence-electron chi connectivity index (χ1n) is 14.5. The number of hydrogen-bond acceptors (Lipinski definition) is 4. The largest absolute Gasteiger partial charge is 0.474 e. The quantitative estimate of drug-likeness (QED) is 0.206. The van der Waals surface area contributed by atoms with Crippen molar-refractivity contribution < 1.29 is 9.47 Å². The van der Waals surface area contributed by atoms with Gasteiger partial charge in [-0.1, -0.05) is 119 Å². The minimum Gasteiger partial charge on any atom is -0.474 e. The van der Waals surface area contributed by atoms with Gasteiger partial charge in [0.1, 0.15) is 11.6 Å². The Balaban J connectivity index is 0.000000886. The van der Waals surface area contributed by atoms with Gasteiger partial charge in [0.05, 0.1) is 29.8 Å². The predicted octanol–water partition coefficient (Wildman–Crippen LogP) is 8.19. The molecule has 208 valence electrons. The number of ether oxygens (including phenoxy) is 2. The van der Waals surface area contributed by atoms with Crippen LogP contribution in [0.4, 0.5) is 0 Å². The summed E-state index contributed by atoms with van der Waals surface area (Å²) >= 11 is 0. The van der Waals surface area contributed by atoms with E-state index in [1.165, 1.54) is 0 Å². The fraction of sp³-hybridized carbons (Fsp3) is 0.314. The van der Waals surface area contributed by atoms with E-state index in [0.29, 0.717) is 5.88 Å². The summed E-state index contributed by atoms with van der Waals surface area (Å²) in [5.74, 6) is 0.645. The van der Waals surface area contributed by atoms with Crippen molar-refractivity contribution in [1.29, 1.82) is 0 Å². The van der Waals surface area contributed by atoms with Gasteiger partial charge in [0.25, 0.3) is 0 Å². The van der Waals surface area contributed by atoms with Gasteiger partial charge in [-0.05, 0) is 29.7 Å². The summed E-state index contributed by atoms with van der Waals surface area (Å²) in [6.45, 7) is 11.5. The van der Waals surface area contributed by atoms with Gasteiger partial charge < -0.3 is 9.47 Å². The topological polar surface area (TPSA) is 49.2 Å². The highest BCUT2D eigenvalue weighted by Gasteiger charge is 2.41. The van der Waals surface area contributed by atoms with Crippen molar-refractivity contribution in [3.63, 3.8) is 0 Å². The van der Waals surface area contributed by atoms with Crippen LogP contribution in [-0.2, 0) is 10.3 Å². The molecule has 0 unspecified atom stereocenters. The first kappa shape index (κ1) is 29.0. The first-order chi connectivity index (χ1) is 19.8. The standard InChI is InChI=1S/C31H29N3O2.2C2H6/c1-23-29-28(17-20-32-30(29)36-27-18-21-35-22-19-27)34(33-23)31(24-11-5-2-6-12-24,25-13-7-3-8-14-25)26-15-9-4-10-16-26;2*1-2/h2-17,20,27H,18-19,21-22H2,1H3;2*1-2H3. The second kappa shape index (κ2) is 13.9. The van der Waals surface area contributed by atoms with Crippen molar-refractivity contribution in [3.8, 4) is 5.88 Å². The van der Waals surface area contributed by atoms with Crippen LogP contribution in [-0.4, -0.2) is 34.1 Å². The number of aryl methyl sites for hydroxylation is 1. The van der Waals surface area contributed by atoms with Crippen molar-refractivity contribution in [2.24, 2.45) is 0 Å². The molecule has 1 aliphatic heterocycles. The second-order valence-electron chi connectivity index (χ2n) is 9.25. The zero-order valence-electron chi connectivity index (χ0n) is 24.4. The van der Waals surface area contributed by atoms with Crippen LogP contribution in [0, 0.1) is 6.92 Å². The Bertz CT molecular complexity index is 1350. The first-order valence-corrected chi connectivity index (χ1v) is 14.5. The third-order valence-electron chi connectivity index (χ3n) is 7.07. The molecular formula is C35H41N3O2. The molecule has 0 bridgehead atoms. The summed E-state index contributed by atoms with van der Waals surface area (Å²) in [4.78, 5) is 4.66. The van der Waals surface area contributed by atoms with Crippen LogP contribution in [0.15, 0.2) is 103 Å². The summed E-state index contributed by atoms with van der Waals surface area (Å²) in [5, 5.41) is 6.17. The van der Waals surface area contributed by atoms with Crippen LogP contribution in [0.5, 0.6) is 5.88 Å². The third-order valence-corrected chi connectivity index (χ3v) is 7.07. The zero-order valence-corrected chi connectivity index (χ0v) is 24.4. The van der Waals surface area contributed by atoms with E-state index in [-0.39, 0.29) is 6.10 Å². The van der Waals surface area contributed by atoms with Gasteiger partial charge in [-0.3, -0.25) is 0 Å². The highest BCUT2D eigenvalue weighted by Crippen LogP contribution is 2.43. The molecule has 5 heteroatoms. The lowest BCUT2D eigenvalue weighted by molar-refractivity contribution is 0.0244. The van der Waals surface area contributed by atoms with Gasteiger partial charge in [0, 0.05) is 19.0 Å². The molecule has 0 saturated carbocycles. The van der Waals surface area contributed by atoms with E-state index in [9.17, 15) is 0 Å². The number of benzene rings is 3. The van der Waals surface area contributed by atoms with E-state index in [1.54, 1.807) is 0 Å². The van der Waals surface area contributed by atoms with Crippen molar-refractivity contribution in [2.45, 2.75) is 59.1 Å². The molecule has 5 nitrogen and oxygen atoms in total. The number of rotatable bonds is 6. The molecule has 6 rings (SSSR count). The molecule has 3 heterocycles. The molecule has 1 fully saturated rings. The van der Waals surface area contributed by atoms with Crippen LogP contribution in [0.3, 0.4) is 0 Å². The Morgan fingerprint density at radius 2 is 1.20 bits per heavy atom. The molecule has 0 radical (unpaired) electrons. The Morgan fingerprint density at radius 1 is 0.725 bits per heavy atom. The average Bonchev–Trinajstić information content (AvgIpc) is 3.39. The fourth-order valence-electron chi connectivity index (χ4n) is 5.41. The Morgan fingerprint density at radius 3 is 1.68 bits per heavy atom. The van der Waals surface area contributed by atoms with Gasteiger partial charge in [-0.15, -0.1) is 0 Å². The van der Waals surface area contributed by atoms with E-state index in [1.807, 2.05) is 40.8 Å². The summed E-state index contributed by atoms with van der Waals surface area (Å²) in [7, 11) is 0. The van der Waals surface area contributed by atoms with Crippen molar-refractivity contribution in [2.75, 3.05) is 13.2 Å². The van der Waals surface area contributed by atoms with E-state index in [2.05, 4.69) is 107 Å². The number of nitrogens with zero attached hydrogens (tertiary/aromatic N) is 3. The van der Waals surface area contributed by atoms with Crippen LogP contribution in [0.1, 0.15) is 62.9 Å². The zero-order chi connectivity index (χ0) is 28.4. The van der Waals surface area contributed by atoms with Gasteiger partial charge in [0.2, 0.25) is 5.88 Å². The minimum absolute atomic E-state index is 0.0988. The summed E-state index contributed by atoms with van der Waals surface area (Å²) < 4.78 is 14.1. The summed E-state index contributed by atoms with van der Waals surface area (Å²) in [5.41, 5.74) is 4.60. The summed E-state index contributed by atoms with van der Waals surface area (Å²) in [6.07, 6.45) is 3.67. The molecule has 0 atom stereocenters. The molecule has 5 aromatic rings. The van der Waals surface area contributed by atoms with Crippen LogP contribution >= 0.6 is 0 Å². The molecule has 2 aromatic heterocycles. The molecule has 3 aromatic carbocycles. The Hall–Kier alpha value is -3.96. The number of aromatic nitrogens is 3. The third kappa shape index (κ3) is 5.52. The van der Waals surface area contributed by atoms with Crippen LogP contribution in [0.25, 0.3) is 10.9 Å². The normalized spacial score (nSPS) is 13.5. The fourth-order valence-corrected chi connectivity index (χ4v) is 5.41. The Kier molecular flexibility index (Phi) is 10.1. The van der Waals surface area contributed by atoms with E-state index in [4.69, 9.17) is 14.6 Å². The maximum absolute atomic E-state index is 6.45. The summed E-state index contributed by atoms with van der Waals surface area (Å²) in [6, 6.07) is 33.9. The maximum Gasteiger partial charge on any atom is 0.225 e. The predicted molar refractivity (Wildman–Crippen MR) is 164 cm³/mol. The van der Waals surface area contributed by atoms with Crippen LogP contribution < -0.4 is 4.74 Å². The minimum atomic E-state index is -0.687. The molecule has 0 amide bonds. The van der Waals surface area contributed by atoms with Crippen LogP contribution in [0.2, 0.25) is 0 Å².